The van der Waals surface area contributed by atoms with Crippen molar-refractivity contribution in [3.8, 4) is 0 Å². The summed E-state index contributed by atoms with van der Waals surface area (Å²) in [6, 6.07) is 5.29. The average Bonchev–Trinajstić information content (AvgIpc) is 2.98. The van der Waals surface area contributed by atoms with Crippen molar-refractivity contribution < 1.29 is 0 Å². The fraction of sp³-hybridized carbons (Fsp3) is 0.571. The van der Waals surface area contributed by atoms with Crippen LogP contribution in [0.2, 0.25) is 0 Å². The zero-order valence-corrected chi connectivity index (χ0v) is 10.6. The van der Waals surface area contributed by atoms with Crippen LogP contribution in [0.5, 0.6) is 0 Å². The van der Waals surface area contributed by atoms with Crippen LogP contribution in [-0.4, -0.2) is 19.1 Å². The molecule has 0 heterocycles. The van der Waals surface area contributed by atoms with E-state index >= 15 is 0 Å². The molecule has 0 amide bonds. The van der Waals surface area contributed by atoms with Crippen molar-refractivity contribution in [2.24, 2.45) is 0 Å². The molecule has 0 unspecified atom stereocenters. The molecule has 0 atom stereocenters. The molecule has 1 aromatic rings. The molecule has 0 spiro atoms. The van der Waals surface area contributed by atoms with E-state index in [0.29, 0.717) is 0 Å². The molecule has 1 fully saturated rings. The molecule has 16 heavy (non-hydrogen) atoms. The second kappa shape index (κ2) is 4.88. The zero-order valence-electron chi connectivity index (χ0n) is 10.6. The van der Waals surface area contributed by atoms with E-state index in [1.165, 1.54) is 35.2 Å². The highest BCUT2D eigenvalue weighted by molar-refractivity contribution is 5.58. The van der Waals surface area contributed by atoms with Crippen molar-refractivity contribution in [3.05, 3.63) is 28.8 Å². The van der Waals surface area contributed by atoms with Crippen molar-refractivity contribution in [2.75, 3.05) is 18.4 Å². The number of benzene rings is 1. The summed E-state index contributed by atoms with van der Waals surface area (Å²) in [7, 11) is 0. The molecule has 1 aliphatic rings. The van der Waals surface area contributed by atoms with Crippen LogP contribution < -0.4 is 10.6 Å². The molecular formula is C14H22N2. The van der Waals surface area contributed by atoms with Gasteiger partial charge in [-0.3, -0.25) is 0 Å². The van der Waals surface area contributed by atoms with Gasteiger partial charge in [0.05, 0.1) is 0 Å². The SMILES string of the molecule is Cc1cc(C)c(NCCNC2CC2)c(C)c1. The third-order valence-corrected chi connectivity index (χ3v) is 3.11. The Kier molecular flexibility index (Phi) is 3.49. The lowest BCUT2D eigenvalue weighted by Gasteiger charge is -2.14. The first kappa shape index (κ1) is 11.5. The first-order valence-corrected chi connectivity index (χ1v) is 6.22. The average molecular weight is 218 g/mol. The van der Waals surface area contributed by atoms with Crippen LogP contribution in [0.1, 0.15) is 29.5 Å². The largest absolute Gasteiger partial charge is 0.383 e. The van der Waals surface area contributed by atoms with E-state index in [1.807, 2.05) is 0 Å². The lowest BCUT2D eigenvalue weighted by Crippen LogP contribution is -2.24. The number of rotatable bonds is 5. The number of nitrogens with one attached hydrogen (secondary N) is 2. The summed E-state index contributed by atoms with van der Waals surface area (Å²) >= 11 is 0. The van der Waals surface area contributed by atoms with Gasteiger partial charge < -0.3 is 10.6 Å². The minimum Gasteiger partial charge on any atom is -0.383 e. The smallest absolute Gasteiger partial charge is 0.0400 e. The summed E-state index contributed by atoms with van der Waals surface area (Å²) in [5.41, 5.74) is 5.35. The van der Waals surface area contributed by atoms with Gasteiger partial charge in [-0.1, -0.05) is 17.7 Å². The van der Waals surface area contributed by atoms with Gasteiger partial charge in [0, 0.05) is 24.8 Å². The van der Waals surface area contributed by atoms with Crippen molar-refractivity contribution >= 4 is 5.69 Å². The third kappa shape index (κ3) is 2.99. The lowest BCUT2D eigenvalue weighted by molar-refractivity contribution is 0.701. The predicted molar refractivity (Wildman–Crippen MR) is 70.2 cm³/mol. The van der Waals surface area contributed by atoms with Crippen LogP contribution in [0.4, 0.5) is 5.69 Å². The molecule has 1 aromatic carbocycles. The number of hydrogen-bond donors (Lipinski definition) is 2. The van der Waals surface area contributed by atoms with Crippen molar-refractivity contribution in [3.63, 3.8) is 0 Å². The fourth-order valence-electron chi connectivity index (χ4n) is 2.21. The number of anilines is 1. The van der Waals surface area contributed by atoms with Crippen LogP contribution in [-0.2, 0) is 0 Å². The topological polar surface area (TPSA) is 24.1 Å². The van der Waals surface area contributed by atoms with Gasteiger partial charge in [-0.05, 0) is 44.7 Å². The van der Waals surface area contributed by atoms with Gasteiger partial charge in [-0.25, -0.2) is 0 Å². The standard InChI is InChI=1S/C14H22N2/c1-10-8-11(2)14(12(3)9-10)16-7-6-15-13-4-5-13/h8-9,13,15-16H,4-7H2,1-3H3. The molecule has 1 saturated carbocycles. The van der Waals surface area contributed by atoms with Crippen molar-refractivity contribution in [1.29, 1.82) is 0 Å². The van der Waals surface area contributed by atoms with Crippen LogP contribution >= 0.6 is 0 Å². The molecule has 1 aliphatic carbocycles. The second-order valence-corrected chi connectivity index (χ2v) is 4.93. The molecule has 0 saturated heterocycles. The fourth-order valence-corrected chi connectivity index (χ4v) is 2.21. The van der Waals surface area contributed by atoms with E-state index in [4.69, 9.17) is 0 Å². The Hall–Kier alpha value is -1.02. The highest BCUT2D eigenvalue weighted by atomic mass is 15.0. The Morgan fingerprint density at radius 1 is 1.06 bits per heavy atom. The molecule has 0 aliphatic heterocycles. The summed E-state index contributed by atoms with van der Waals surface area (Å²) in [5, 5.41) is 7.04. The zero-order chi connectivity index (χ0) is 11.5. The molecule has 0 bridgehead atoms. The van der Waals surface area contributed by atoms with Gasteiger partial charge in [0.25, 0.3) is 0 Å². The quantitative estimate of drug-likeness (QED) is 0.743. The third-order valence-electron chi connectivity index (χ3n) is 3.11. The summed E-state index contributed by atoms with van der Waals surface area (Å²) < 4.78 is 0. The number of hydrogen-bond acceptors (Lipinski definition) is 2. The monoisotopic (exact) mass is 218 g/mol. The maximum atomic E-state index is 3.53. The van der Waals surface area contributed by atoms with Gasteiger partial charge >= 0.3 is 0 Å². The Balaban J connectivity index is 1.87. The van der Waals surface area contributed by atoms with E-state index in [0.717, 1.165) is 19.1 Å². The molecular weight excluding hydrogens is 196 g/mol. The van der Waals surface area contributed by atoms with Crippen LogP contribution in [0.3, 0.4) is 0 Å². The van der Waals surface area contributed by atoms with Crippen molar-refractivity contribution in [2.45, 2.75) is 39.7 Å². The maximum Gasteiger partial charge on any atom is 0.0400 e. The molecule has 0 aromatic heterocycles. The maximum absolute atomic E-state index is 3.53. The van der Waals surface area contributed by atoms with E-state index in [1.54, 1.807) is 0 Å². The lowest BCUT2D eigenvalue weighted by atomic mass is 10.1. The Labute approximate surface area is 98.4 Å². The molecule has 2 N–H and O–H groups in total. The van der Waals surface area contributed by atoms with E-state index < -0.39 is 0 Å². The molecule has 88 valence electrons. The van der Waals surface area contributed by atoms with Gasteiger partial charge in [0.15, 0.2) is 0 Å². The molecule has 0 radical (unpaired) electrons. The summed E-state index contributed by atoms with van der Waals surface area (Å²) in [6.45, 7) is 8.59. The first-order valence-electron chi connectivity index (χ1n) is 6.22. The Morgan fingerprint density at radius 2 is 1.69 bits per heavy atom. The van der Waals surface area contributed by atoms with Crippen LogP contribution in [0.15, 0.2) is 12.1 Å². The predicted octanol–water partition coefficient (Wildman–Crippen LogP) is 2.78. The molecule has 2 heteroatoms. The normalized spacial score (nSPS) is 15.2. The van der Waals surface area contributed by atoms with Gasteiger partial charge in [-0.2, -0.15) is 0 Å². The number of aryl methyl sites for hydroxylation is 3. The van der Waals surface area contributed by atoms with Crippen LogP contribution in [0.25, 0.3) is 0 Å². The highest BCUT2D eigenvalue weighted by Gasteiger charge is 2.19. The Bertz CT molecular complexity index is 344. The minimum absolute atomic E-state index is 0.807. The van der Waals surface area contributed by atoms with Gasteiger partial charge in [-0.15, -0.1) is 0 Å². The summed E-state index contributed by atoms with van der Waals surface area (Å²) in [4.78, 5) is 0. The van der Waals surface area contributed by atoms with E-state index in [9.17, 15) is 0 Å². The van der Waals surface area contributed by atoms with E-state index in [2.05, 4.69) is 43.5 Å². The molecule has 2 rings (SSSR count). The van der Waals surface area contributed by atoms with Gasteiger partial charge in [0.2, 0.25) is 0 Å². The summed E-state index contributed by atoms with van der Waals surface area (Å²) in [6.07, 6.45) is 2.73. The Morgan fingerprint density at radius 3 is 2.25 bits per heavy atom. The summed E-state index contributed by atoms with van der Waals surface area (Å²) in [5.74, 6) is 0. The first-order chi connectivity index (χ1) is 7.66. The van der Waals surface area contributed by atoms with Crippen molar-refractivity contribution in [1.82, 2.24) is 5.32 Å². The van der Waals surface area contributed by atoms with Crippen LogP contribution in [0, 0.1) is 20.8 Å². The minimum atomic E-state index is 0.807. The van der Waals surface area contributed by atoms with E-state index in [-0.39, 0.29) is 0 Å². The van der Waals surface area contributed by atoms with Gasteiger partial charge in [0.1, 0.15) is 0 Å². The molecule has 2 nitrogen and oxygen atoms in total. The second-order valence-electron chi connectivity index (χ2n) is 4.93. The highest BCUT2D eigenvalue weighted by Crippen LogP contribution is 2.21.